The van der Waals surface area contributed by atoms with Gasteiger partial charge in [-0.15, -0.1) is 0 Å². The molecule has 9 heteroatoms. The standard InChI is InChI=1S/C39H52N6O2S.4C2H6/c1-7-12-28(3)25-32(39(47)44-23-21-43(22-24-44)33-17-19-40-20-18-33)27-45-35-26-31(38(46)41-48-42(5)6)15-16-34(35)36(37(45)29(4)8-2)30-13-10-9-11-14-30;4*1-2/h7-8,12,15-20,26,28,30,32H,2,4,9-11,13-14,21-25,27H2,1,3,5-6H3,(H,41,46);4*1-2H3/b12-7-;;;;. The van der Waals surface area contributed by atoms with Gasteiger partial charge < -0.3 is 14.4 Å². The van der Waals surface area contributed by atoms with Gasteiger partial charge in [-0.3, -0.25) is 19.3 Å². The van der Waals surface area contributed by atoms with Gasteiger partial charge in [0.2, 0.25) is 5.91 Å². The van der Waals surface area contributed by atoms with Gasteiger partial charge in [0.1, 0.15) is 0 Å². The summed E-state index contributed by atoms with van der Waals surface area (Å²) in [5.74, 6) is 0.422. The molecule has 2 aromatic heterocycles. The lowest BCUT2D eigenvalue weighted by atomic mass is 9.82. The van der Waals surface area contributed by atoms with Crippen molar-refractivity contribution in [3.8, 4) is 0 Å². The number of amides is 2. The van der Waals surface area contributed by atoms with Crippen LogP contribution in [-0.4, -0.2) is 70.8 Å². The highest BCUT2D eigenvalue weighted by molar-refractivity contribution is 7.95. The van der Waals surface area contributed by atoms with Crippen molar-refractivity contribution in [2.75, 3.05) is 45.2 Å². The fourth-order valence-electron chi connectivity index (χ4n) is 7.47. The summed E-state index contributed by atoms with van der Waals surface area (Å²) in [7, 11) is 3.79. The van der Waals surface area contributed by atoms with E-state index in [1.807, 2.05) is 123 Å². The molecule has 0 radical (unpaired) electrons. The number of anilines is 1. The zero-order valence-corrected chi connectivity index (χ0v) is 38.0. The van der Waals surface area contributed by atoms with Gasteiger partial charge in [-0.1, -0.05) is 119 Å². The van der Waals surface area contributed by atoms with Crippen LogP contribution in [0.5, 0.6) is 0 Å². The van der Waals surface area contributed by atoms with Gasteiger partial charge in [0.25, 0.3) is 5.91 Å². The molecular formula is C47H76N6O2S. The third-order valence-electron chi connectivity index (χ3n) is 9.80. The normalized spacial score (nSPS) is 15.2. The molecule has 3 heterocycles. The number of nitrogens with one attached hydrogen (secondary N) is 1. The van der Waals surface area contributed by atoms with Gasteiger partial charge in [0.15, 0.2) is 0 Å². The number of hydrogen-bond donors (Lipinski definition) is 1. The number of allylic oxidation sites excluding steroid dienone is 4. The number of rotatable bonds is 13. The second kappa shape index (κ2) is 27.7. The highest BCUT2D eigenvalue weighted by Crippen LogP contribution is 2.43. The summed E-state index contributed by atoms with van der Waals surface area (Å²) in [6, 6.07) is 10.1. The van der Waals surface area contributed by atoms with E-state index >= 15 is 0 Å². The summed E-state index contributed by atoms with van der Waals surface area (Å²) >= 11 is 1.26. The third-order valence-corrected chi connectivity index (χ3v) is 10.4. The van der Waals surface area contributed by atoms with Gasteiger partial charge in [-0.05, 0) is 87.5 Å². The molecule has 1 aliphatic carbocycles. The van der Waals surface area contributed by atoms with Crippen LogP contribution in [0, 0.1) is 11.8 Å². The van der Waals surface area contributed by atoms with Gasteiger partial charge in [0, 0.05) is 79.4 Å². The lowest BCUT2D eigenvalue weighted by molar-refractivity contribution is -0.136. The molecule has 1 N–H and O–H groups in total. The van der Waals surface area contributed by atoms with E-state index in [4.69, 9.17) is 0 Å². The van der Waals surface area contributed by atoms with Crippen LogP contribution in [0.3, 0.4) is 0 Å². The Labute approximate surface area is 346 Å². The molecular weight excluding hydrogens is 713 g/mol. The van der Waals surface area contributed by atoms with Crippen LogP contribution in [0.2, 0.25) is 0 Å². The molecule has 1 aromatic carbocycles. The first-order valence-corrected chi connectivity index (χ1v) is 22.2. The monoisotopic (exact) mass is 789 g/mol. The van der Waals surface area contributed by atoms with Crippen molar-refractivity contribution in [2.24, 2.45) is 11.8 Å². The van der Waals surface area contributed by atoms with Crippen molar-refractivity contribution in [1.29, 1.82) is 0 Å². The molecule has 0 bridgehead atoms. The van der Waals surface area contributed by atoms with E-state index in [0.29, 0.717) is 31.1 Å². The summed E-state index contributed by atoms with van der Waals surface area (Å²) in [5.41, 5.74) is 5.93. The Kier molecular flexibility index (Phi) is 24.9. The SMILES string of the molecule is C=CC(=C)c1c(C2CCCCC2)c2ccc(C(=O)NSN(C)C)cc2n1CC(CC(C)/C=C\C)C(=O)N1CCN(c2ccncc2)CC1.CC.CC.CC.CC. The quantitative estimate of drug-likeness (QED) is 0.106. The Hall–Kier alpha value is -3.82. The predicted octanol–water partition coefficient (Wildman–Crippen LogP) is 11.8. The Bertz CT molecular complexity index is 1620. The van der Waals surface area contributed by atoms with Gasteiger partial charge in [-0.2, -0.15) is 0 Å². The second-order valence-corrected chi connectivity index (χ2v) is 14.6. The maximum absolute atomic E-state index is 14.6. The Morgan fingerprint density at radius 3 is 2.11 bits per heavy atom. The highest BCUT2D eigenvalue weighted by atomic mass is 32.2. The molecule has 2 fully saturated rings. The Balaban J connectivity index is 0.00000184. The fourth-order valence-corrected chi connectivity index (χ4v) is 7.86. The minimum absolute atomic E-state index is 0.145. The average Bonchev–Trinajstić information content (AvgIpc) is 3.58. The summed E-state index contributed by atoms with van der Waals surface area (Å²) in [6.07, 6.45) is 16.4. The Morgan fingerprint density at radius 2 is 1.55 bits per heavy atom. The molecule has 0 spiro atoms. The molecule has 312 valence electrons. The van der Waals surface area contributed by atoms with Gasteiger partial charge >= 0.3 is 0 Å². The van der Waals surface area contributed by atoms with E-state index in [0.717, 1.165) is 60.2 Å². The molecule has 1 saturated carbocycles. The zero-order chi connectivity index (χ0) is 42.2. The second-order valence-electron chi connectivity index (χ2n) is 13.5. The van der Waals surface area contributed by atoms with E-state index in [1.54, 1.807) is 0 Å². The molecule has 5 rings (SSSR count). The molecule has 3 aromatic rings. The van der Waals surface area contributed by atoms with Crippen molar-refractivity contribution in [3.63, 3.8) is 0 Å². The van der Waals surface area contributed by atoms with Crippen molar-refractivity contribution in [1.82, 2.24) is 23.5 Å². The molecule has 2 amide bonds. The lowest BCUT2D eigenvalue weighted by Crippen LogP contribution is -2.51. The maximum atomic E-state index is 14.6. The smallest absolute Gasteiger partial charge is 0.262 e. The largest absolute Gasteiger partial charge is 0.368 e. The number of pyridine rings is 1. The topological polar surface area (TPSA) is 73.7 Å². The number of piperazine rings is 1. The average molecular weight is 789 g/mol. The number of aromatic nitrogens is 2. The molecule has 8 nitrogen and oxygen atoms in total. The zero-order valence-electron chi connectivity index (χ0n) is 37.2. The number of hydrogen-bond acceptors (Lipinski definition) is 6. The molecule has 2 atom stereocenters. The number of carbonyl (C=O) groups is 2. The summed E-state index contributed by atoms with van der Waals surface area (Å²) in [6.45, 7) is 32.3. The Morgan fingerprint density at radius 1 is 0.946 bits per heavy atom. The predicted molar refractivity (Wildman–Crippen MR) is 246 cm³/mol. The minimum Gasteiger partial charge on any atom is -0.368 e. The lowest BCUT2D eigenvalue weighted by Gasteiger charge is -2.38. The van der Waals surface area contributed by atoms with E-state index < -0.39 is 0 Å². The number of fused-ring (bicyclic) bond motifs is 1. The van der Waals surface area contributed by atoms with Crippen molar-refractivity contribution in [3.05, 3.63) is 90.9 Å². The van der Waals surface area contributed by atoms with Crippen LogP contribution in [-0.2, 0) is 11.3 Å². The van der Waals surface area contributed by atoms with E-state index in [-0.39, 0.29) is 23.7 Å². The van der Waals surface area contributed by atoms with Crippen LogP contribution in [0.4, 0.5) is 5.69 Å². The van der Waals surface area contributed by atoms with Crippen LogP contribution >= 0.6 is 12.1 Å². The molecule has 2 aliphatic rings. The first-order valence-electron chi connectivity index (χ1n) is 21.4. The van der Waals surface area contributed by atoms with Crippen LogP contribution in [0.1, 0.15) is 135 Å². The fraction of sp³-hybridized carbons (Fsp3) is 0.553. The first-order chi connectivity index (χ1) is 27.2. The number of benzene rings is 1. The summed E-state index contributed by atoms with van der Waals surface area (Å²) in [5, 5.41) is 1.15. The molecule has 1 aliphatic heterocycles. The van der Waals surface area contributed by atoms with Crippen LogP contribution < -0.4 is 9.62 Å². The third kappa shape index (κ3) is 14.0. The van der Waals surface area contributed by atoms with Gasteiger partial charge in [-0.25, -0.2) is 4.31 Å². The van der Waals surface area contributed by atoms with Crippen molar-refractivity contribution < 1.29 is 9.59 Å². The van der Waals surface area contributed by atoms with Crippen LogP contribution in [0.25, 0.3) is 16.5 Å². The van der Waals surface area contributed by atoms with Crippen molar-refractivity contribution in [2.45, 2.75) is 120 Å². The number of nitrogens with zero attached hydrogens (tertiary/aromatic N) is 5. The van der Waals surface area contributed by atoms with E-state index in [1.165, 1.54) is 37.0 Å². The summed E-state index contributed by atoms with van der Waals surface area (Å²) in [4.78, 5) is 36.4. The van der Waals surface area contributed by atoms with Crippen molar-refractivity contribution >= 4 is 46.1 Å². The number of carbonyl (C=O) groups excluding carboxylic acids is 2. The van der Waals surface area contributed by atoms with E-state index in [2.05, 4.69) is 62.4 Å². The van der Waals surface area contributed by atoms with E-state index in [9.17, 15) is 9.59 Å². The first kappa shape index (κ1) is 50.2. The molecule has 1 saturated heterocycles. The highest BCUT2D eigenvalue weighted by Gasteiger charge is 2.32. The molecule has 56 heavy (non-hydrogen) atoms. The van der Waals surface area contributed by atoms with Crippen LogP contribution in [0.15, 0.2) is 74.1 Å². The molecule has 2 unspecified atom stereocenters. The maximum Gasteiger partial charge on any atom is 0.262 e. The summed E-state index contributed by atoms with van der Waals surface area (Å²) < 4.78 is 7.10. The minimum atomic E-state index is -0.253. The van der Waals surface area contributed by atoms with Gasteiger partial charge in [0.05, 0.1) is 11.6 Å².